The van der Waals surface area contributed by atoms with Gasteiger partial charge in [-0.2, -0.15) is 8.78 Å². The zero-order chi connectivity index (χ0) is 14.6. The Bertz CT molecular complexity index is 546. The second-order valence-corrected chi connectivity index (χ2v) is 7.35. The van der Waals surface area contributed by atoms with E-state index >= 15 is 0 Å². The fourth-order valence-electron chi connectivity index (χ4n) is 2.12. The average Bonchev–Trinajstić information content (AvgIpc) is 2.82. The number of hydrogen-bond acceptors (Lipinski definition) is 4. The Morgan fingerprint density at radius 2 is 2.15 bits per heavy atom. The summed E-state index contributed by atoms with van der Waals surface area (Å²) in [4.78, 5) is 0.227. The third-order valence-corrected chi connectivity index (χ3v) is 5.11. The third kappa shape index (κ3) is 4.60. The zero-order valence-electron chi connectivity index (χ0n) is 10.7. The van der Waals surface area contributed by atoms with E-state index in [0.29, 0.717) is 11.8 Å². The lowest BCUT2D eigenvalue weighted by Gasteiger charge is -2.14. The third-order valence-electron chi connectivity index (χ3n) is 2.95. The molecule has 0 amide bonds. The Kier molecular flexibility index (Phi) is 5.22. The SMILES string of the molecule is O=S(=O)(CC1CCCN1)Nc1ccccc1SC(F)F. The number of alkyl halides is 2. The summed E-state index contributed by atoms with van der Waals surface area (Å²) in [5, 5.41) is 3.10. The topological polar surface area (TPSA) is 58.2 Å². The van der Waals surface area contributed by atoms with Crippen molar-refractivity contribution in [2.75, 3.05) is 17.0 Å². The molecule has 0 aliphatic carbocycles. The van der Waals surface area contributed by atoms with Gasteiger partial charge >= 0.3 is 0 Å². The number of para-hydroxylation sites is 1. The van der Waals surface area contributed by atoms with Crippen LogP contribution in [0.2, 0.25) is 0 Å². The molecule has 1 saturated heterocycles. The predicted octanol–water partition coefficient (Wildman–Crippen LogP) is 2.50. The Labute approximate surface area is 121 Å². The first-order valence-corrected chi connectivity index (χ1v) is 8.77. The molecule has 1 fully saturated rings. The maximum absolute atomic E-state index is 12.4. The van der Waals surface area contributed by atoms with Gasteiger partial charge in [0.2, 0.25) is 10.0 Å². The van der Waals surface area contributed by atoms with Crippen LogP contribution in [0.4, 0.5) is 14.5 Å². The fraction of sp³-hybridized carbons (Fsp3) is 0.500. The lowest BCUT2D eigenvalue weighted by atomic mass is 10.3. The molecule has 0 aromatic heterocycles. The van der Waals surface area contributed by atoms with E-state index in [-0.39, 0.29) is 22.4 Å². The minimum Gasteiger partial charge on any atom is -0.313 e. The number of hydrogen-bond donors (Lipinski definition) is 2. The summed E-state index contributed by atoms with van der Waals surface area (Å²) in [5.41, 5.74) is 0.204. The monoisotopic (exact) mass is 322 g/mol. The molecule has 1 aliphatic rings. The predicted molar refractivity (Wildman–Crippen MR) is 76.7 cm³/mol. The lowest BCUT2D eigenvalue weighted by Crippen LogP contribution is -2.32. The van der Waals surface area contributed by atoms with Crippen LogP contribution in [0.25, 0.3) is 0 Å². The highest BCUT2D eigenvalue weighted by Gasteiger charge is 2.23. The van der Waals surface area contributed by atoms with Crippen molar-refractivity contribution in [2.24, 2.45) is 0 Å². The van der Waals surface area contributed by atoms with Gasteiger partial charge in [-0.3, -0.25) is 4.72 Å². The molecule has 112 valence electrons. The summed E-state index contributed by atoms with van der Waals surface area (Å²) in [7, 11) is -3.55. The molecule has 1 unspecified atom stereocenters. The molecule has 0 spiro atoms. The van der Waals surface area contributed by atoms with Crippen LogP contribution in [-0.2, 0) is 10.0 Å². The van der Waals surface area contributed by atoms with Crippen LogP contribution in [0, 0.1) is 0 Å². The van der Waals surface area contributed by atoms with Crippen LogP contribution < -0.4 is 10.0 Å². The van der Waals surface area contributed by atoms with E-state index in [4.69, 9.17) is 0 Å². The Balaban J connectivity index is 2.08. The van der Waals surface area contributed by atoms with Gasteiger partial charge in [0.05, 0.1) is 11.4 Å². The molecule has 8 heteroatoms. The van der Waals surface area contributed by atoms with Crippen molar-refractivity contribution in [3.63, 3.8) is 0 Å². The number of thioether (sulfide) groups is 1. The van der Waals surface area contributed by atoms with E-state index in [0.717, 1.165) is 19.4 Å². The van der Waals surface area contributed by atoms with E-state index in [9.17, 15) is 17.2 Å². The summed E-state index contributed by atoms with van der Waals surface area (Å²) in [5.74, 6) is -2.63. The van der Waals surface area contributed by atoms with Gasteiger partial charge in [0, 0.05) is 10.9 Å². The number of anilines is 1. The first-order valence-electron chi connectivity index (χ1n) is 6.24. The molecule has 1 aliphatic heterocycles. The molecule has 20 heavy (non-hydrogen) atoms. The largest absolute Gasteiger partial charge is 0.313 e. The molecule has 1 aromatic carbocycles. The van der Waals surface area contributed by atoms with Gasteiger partial charge in [-0.25, -0.2) is 8.42 Å². The van der Waals surface area contributed by atoms with Gasteiger partial charge in [0.25, 0.3) is 5.76 Å². The van der Waals surface area contributed by atoms with Crippen LogP contribution in [0.3, 0.4) is 0 Å². The highest BCUT2D eigenvalue weighted by molar-refractivity contribution is 7.99. The van der Waals surface area contributed by atoms with Crippen molar-refractivity contribution >= 4 is 27.5 Å². The van der Waals surface area contributed by atoms with Crippen LogP contribution in [0.5, 0.6) is 0 Å². The number of sulfonamides is 1. The van der Waals surface area contributed by atoms with Crippen molar-refractivity contribution in [3.05, 3.63) is 24.3 Å². The van der Waals surface area contributed by atoms with Gasteiger partial charge in [-0.05, 0) is 31.5 Å². The smallest absolute Gasteiger partial charge is 0.288 e. The number of nitrogens with one attached hydrogen (secondary N) is 2. The van der Waals surface area contributed by atoms with Gasteiger partial charge in [0.15, 0.2) is 0 Å². The van der Waals surface area contributed by atoms with Crippen LogP contribution in [0.1, 0.15) is 12.8 Å². The molecule has 2 N–H and O–H groups in total. The minimum atomic E-state index is -3.55. The van der Waals surface area contributed by atoms with Crippen molar-refractivity contribution in [1.82, 2.24) is 5.32 Å². The molecule has 0 bridgehead atoms. The number of halogens is 2. The summed E-state index contributed by atoms with van der Waals surface area (Å²) >= 11 is 0.333. The summed E-state index contributed by atoms with van der Waals surface area (Å²) in [6, 6.07) is 6.11. The highest BCUT2D eigenvalue weighted by atomic mass is 32.2. The van der Waals surface area contributed by atoms with E-state index < -0.39 is 15.8 Å². The second kappa shape index (κ2) is 6.73. The molecule has 1 aromatic rings. The van der Waals surface area contributed by atoms with Crippen LogP contribution in [0.15, 0.2) is 29.2 Å². The molecule has 2 rings (SSSR count). The van der Waals surface area contributed by atoms with E-state index in [1.54, 1.807) is 12.1 Å². The molecule has 1 heterocycles. The van der Waals surface area contributed by atoms with Crippen molar-refractivity contribution < 1.29 is 17.2 Å². The van der Waals surface area contributed by atoms with Crippen molar-refractivity contribution in [1.29, 1.82) is 0 Å². The molecule has 0 radical (unpaired) electrons. The molecule has 0 saturated carbocycles. The first kappa shape index (κ1) is 15.5. The van der Waals surface area contributed by atoms with E-state index in [1.807, 2.05) is 0 Å². The normalized spacial score (nSPS) is 19.4. The molecular formula is C12H16F2N2O2S2. The van der Waals surface area contributed by atoms with Gasteiger partial charge in [0.1, 0.15) is 0 Å². The van der Waals surface area contributed by atoms with Gasteiger partial charge in [-0.1, -0.05) is 23.9 Å². The van der Waals surface area contributed by atoms with E-state index in [1.165, 1.54) is 12.1 Å². The standard InChI is InChI=1S/C12H16F2N2O2S2/c13-12(14)19-11-6-2-1-5-10(11)16-20(17,18)8-9-4-3-7-15-9/h1-2,5-6,9,12,15-16H,3-4,7-8H2. The van der Waals surface area contributed by atoms with Crippen LogP contribution in [-0.4, -0.2) is 32.5 Å². The van der Waals surface area contributed by atoms with E-state index in [2.05, 4.69) is 10.0 Å². The molecule has 1 atom stereocenters. The highest BCUT2D eigenvalue weighted by Crippen LogP contribution is 2.32. The average molecular weight is 322 g/mol. The quantitative estimate of drug-likeness (QED) is 0.790. The van der Waals surface area contributed by atoms with Gasteiger partial charge < -0.3 is 5.32 Å². The Morgan fingerprint density at radius 3 is 2.80 bits per heavy atom. The minimum absolute atomic E-state index is 0.0410. The number of rotatable bonds is 6. The Morgan fingerprint density at radius 1 is 1.40 bits per heavy atom. The summed E-state index contributed by atoms with van der Waals surface area (Å²) in [6.45, 7) is 0.817. The van der Waals surface area contributed by atoms with Crippen LogP contribution >= 0.6 is 11.8 Å². The van der Waals surface area contributed by atoms with Crippen molar-refractivity contribution in [3.8, 4) is 0 Å². The maximum atomic E-state index is 12.4. The summed E-state index contributed by atoms with van der Waals surface area (Å²) < 4.78 is 51.4. The number of benzene rings is 1. The molecular weight excluding hydrogens is 306 g/mol. The second-order valence-electron chi connectivity index (χ2n) is 4.55. The van der Waals surface area contributed by atoms with Gasteiger partial charge in [-0.15, -0.1) is 0 Å². The lowest BCUT2D eigenvalue weighted by molar-refractivity contribution is 0.252. The Hall–Kier alpha value is -0.860. The molecule has 4 nitrogen and oxygen atoms in total. The first-order chi connectivity index (χ1) is 9.46. The summed E-state index contributed by atoms with van der Waals surface area (Å²) in [6.07, 6.45) is 1.77. The zero-order valence-corrected chi connectivity index (χ0v) is 12.3. The fourth-order valence-corrected chi connectivity index (χ4v) is 4.19. The van der Waals surface area contributed by atoms with Crippen molar-refractivity contribution in [2.45, 2.75) is 29.5 Å². The maximum Gasteiger partial charge on any atom is 0.288 e.